The van der Waals surface area contributed by atoms with Gasteiger partial charge >= 0.3 is 0 Å². The monoisotopic (exact) mass is 370 g/mol. The molecule has 2 aliphatic rings. The van der Waals surface area contributed by atoms with E-state index in [1.165, 1.54) is 0 Å². The minimum atomic E-state index is -1.15. The van der Waals surface area contributed by atoms with Gasteiger partial charge in [0.25, 0.3) is 0 Å². The van der Waals surface area contributed by atoms with Crippen molar-refractivity contribution in [2.75, 3.05) is 0 Å². The Morgan fingerprint density at radius 3 is 2.69 bits per heavy atom. The molecule has 0 aromatic carbocycles. The third-order valence-electron chi connectivity index (χ3n) is 5.48. The average Bonchev–Trinajstić information content (AvgIpc) is 3.10. The SMILES string of the molecule is CCCCC[C@H](O)/C=C/[C@@H]1[C@H]2C=C([C@@H](F)CCCC(C)O)O[C@H]2C[C@H]1O. The largest absolute Gasteiger partial charge is 0.491 e. The van der Waals surface area contributed by atoms with E-state index in [9.17, 15) is 19.7 Å². The first-order chi connectivity index (χ1) is 12.4. The van der Waals surface area contributed by atoms with E-state index in [1.807, 2.05) is 12.2 Å². The Morgan fingerprint density at radius 2 is 2.00 bits per heavy atom. The Bertz CT molecular complexity index is 477. The van der Waals surface area contributed by atoms with Gasteiger partial charge < -0.3 is 20.1 Å². The van der Waals surface area contributed by atoms with Crippen LogP contribution in [0.2, 0.25) is 0 Å². The van der Waals surface area contributed by atoms with Crippen molar-refractivity contribution in [1.29, 1.82) is 0 Å². The molecule has 0 aromatic heterocycles. The number of hydrogen-bond donors (Lipinski definition) is 3. The fraction of sp³-hybridized carbons (Fsp3) is 0.810. The van der Waals surface area contributed by atoms with Gasteiger partial charge in [-0.3, -0.25) is 0 Å². The van der Waals surface area contributed by atoms with E-state index in [0.29, 0.717) is 31.4 Å². The summed E-state index contributed by atoms with van der Waals surface area (Å²) in [4.78, 5) is 0. The number of fused-ring (bicyclic) bond motifs is 1. The minimum Gasteiger partial charge on any atom is -0.491 e. The lowest BCUT2D eigenvalue weighted by atomic mass is 9.92. The third-order valence-corrected chi connectivity index (χ3v) is 5.48. The standard InChI is InChI=1S/C21H35FO4/c1-3-4-5-8-15(24)10-11-16-17-12-21(26-20(17)13-19(16)25)18(22)9-6-7-14(2)23/h10-12,14-20,23-25H,3-9,13H2,1-2H3/b11-10+/t14?,15-,16+,17+,18-,19+,20-/m0/s1. The van der Waals surface area contributed by atoms with Gasteiger partial charge in [-0.2, -0.15) is 0 Å². The first kappa shape index (κ1) is 21.4. The maximum Gasteiger partial charge on any atom is 0.157 e. The third kappa shape index (κ3) is 6.07. The van der Waals surface area contributed by atoms with Crippen LogP contribution in [0.1, 0.15) is 65.2 Å². The first-order valence-electron chi connectivity index (χ1n) is 10.2. The Kier molecular flexibility index (Phi) is 8.58. The molecule has 3 N–H and O–H groups in total. The number of halogens is 1. The second-order valence-corrected chi connectivity index (χ2v) is 7.88. The van der Waals surface area contributed by atoms with Crippen molar-refractivity contribution in [1.82, 2.24) is 0 Å². The summed E-state index contributed by atoms with van der Waals surface area (Å²) in [6, 6.07) is 0. The number of aliphatic hydroxyl groups excluding tert-OH is 3. The van der Waals surface area contributed by atoms with Crippen LogP contribution in [0.3, 0.4) is 0 Å². The molecule has 4 nitrogen and oxygen atoms in total. The molecule has 0 spiro atoms. The zero-order chi connectivity index (χ0) is 19.1. The van der Waals surface area contributed by atoms with Gasteiger partial charge in [-0.15, -0.1) is 0 Å². The maximum absolute atomic E-state index is 14.4. The summed E-state index contributed by atoms with van der Waals surface area (Å²) in [5.41, 5.74) is 0. The Hall–Kier alpha value is -0.910. The summed E-state index contributed by atoms with van der Waals surface area (Å²) < 4.78 is 20.1. The quantitative estimate of drug-likeness (QED) is 0.383. The Labute approximate surface area is 156 Å². The van der Waals surface area contributed by atoms with E-state index in [-0.39, 0.29) is 17.9 Å². The van der Waals surface area contributed by atoms with Crippen LogP contribution in [0.15, 0.2) is 24.0 Å². The second-order valence-electron chi connectivity index (χ2n) is 7.88. The van der Waals surface area contributed by atoms with Gasteiger partial charge in [-0.25, -0.2) is 4.39 Å². The first-order valence-corrected chi connectivity index (χ1v) is 10.2. The Balaban J connectivity index is 1.88. The number of allylic oxidation sites excluding steroid dienone is 1. The molecule has 1 aliphatic carbocycles. The summed E-state index contributed by atoms with van der Waals surface area (Å²) in [7, 11) is 0. The molecule has 26 heavy (non-hydrogen) atoms. The molecule has 7 atom stereocenters. The van der Waals surface area contributed by atoms with Gasteiger partial charge in [0.1, 0.15) is 11.9 Å². The highest BCUT2D eigenvalue weighted by molar-refractivity contribution is 5.19. The lowest BCUT2D eigenvalue weighted by molar-refractivity contribution is 0.0786. The van der Waals surface area contributed by atoms with Gasteiger partial charge in [0, 0.05) is 18.3 Å². The molecule has 1 heterocycles. The zero-order valence-electron chi connectivity index (χ0n) is 16.1. The van der Waals surface area contributed by atoms with Crippen molar-refractivity contribution in [2.24, 2.45) is 11.8 Å². The summed E-state index contributed by atoms with van der Waals surface area (Å²) in [6.07, 6.45) is 8.71. The Morgan fingerprint density at radius 1 is 1.23 bits per heavy atom. The molecule has 1 fully saturated rings. The van der Waals surface area contributed by atoms with Gasteiger partial charge in [0.2, 0.25) is 0 Å². The van der Waals surface area contributed by atoms with Crippen LogP contribution in [0, 0.1) is 11.8 Å². The fourth-order valence-electron chi connectivity index (χ4n) is 3.93. The van der Waals surface area contributed by atoms with Crippen molar-refractivity contribution < 1.29 is 24.4 Å². The number of alkyl halides is 1. The molecule has 0 saturated heterocycles. The van der Waals surface area contributed by atoms with Crippen molar-refractivity contribution in [3.05, 3.63) is 24.0 Å². The molecule has 0 bridgehead atoms. The minimum absolute atomic E-state index is 0.0332. The van der Waals surface area contributed by atoms with E-state index in [0.717, 1.165) is 25.7 Å². The molecule has 5 heteroatoms. The van der Waals surface area contributed by atoms with Gasteiger partial charge in [0.05, 0.1) is 18.3 Å². The summed E-state index contributed by atoms with van der Waals surface area (Å²) >= 11 is 0. The number of unbranched alkanes of at least 4 members (excludes halogenated alkanes) is 2. The molecule has 150 valence electrons. The fourth-order valence-corrected chi connectivity index (χ4v) is 3.93. The normalized spacial score (nSPS) is 31.5. The predicted octanol–water partition coefficient (Wildman–Crippen LogP) is 3.65. The average molecular weight is 371 g/mol. The molecule has 0 radical (unpaired) electrons. The number of hydrogen-bond acceptors (Lipinski definition) is 4. The number of rotatable bonds is 11. The smallest absolute Gasteiger partial charge is 0.157 e. The second kappa shape index (κ2) is 10.4. The lowest BCUT2D eigenvalue weighted by Gasteiger charge is -2.15. The van der Waals surface area contributed by atoms with Gasteiger partial charge in [-0.05, 0) is 38.7 Å². The van der Waals surface area contributed by atoms with E-state index in [4.69, 9.17) is 4.74 Å². The molecule has 0 aromatic rings. The van der Waals surface area contributed by atoms with Gasteiger partial charge in [-0.1, -0.05) is 38.3 Å². The van der Waals surface area contributed by atoms with E-state index >= 15 is 0 Å². The summed E-state index contributed by atoms with van der Waals surface area (Å²) in [5.74, 6) is 0.205. The molecule has 0 amide bonds. The van der Waals surface area contributed by atoms with Crippen LogP contribution in [0.4, 0.5) is 4.39 Å². The summed E-state index contributed by atoms with van der Waals surface area (Å²) in [5, 5.41) is 29.6. The highest BCUT2D eigenvalue weighted by Crippen LogP contribution is 2.43. The molecule has 1 saturated carbocycles. The van der Waals surface area contributed by atoms with E-state index in [1.54, 1.807) is 13.0 Å². The topological polar surface area (TPSA) is 69.9 Å². The molecule has 1 aliphatic heterocycles. The van der Waals surface area contributed by atoms with Crippen LogP contribution in [-0.4, -0.2) is 45.9 Å². The predicted molar refractivity (Wildman–Crippen MR) is 100 cm³/mol. The van der Waals surface area contributed by atoms with Crippen LogP contribution >= 0.6 is 0 Å². The van der Waals surface area contributed by atoms with Crippen LogP contribution in [0.5, 0.6) is 0 Å². The molecule has 2 rings (SSSR count). The van der Waals surface area contributed by atoms with Crippen molar-refractivity contribution in [3.63, 3.8) is 0 Å². The summed E-state index contributed by atoms with van der Waals surface area (Å²) in [6.45, 7) is 3.84. The van der Waals surface area contributed by atoms with E-state index < -0.39 is 24.5 Å². The van der Waals surface area contributed by atoms with Crippen LogP contribution < -0.4 is 0 Å². The molecular formula is C21H35FO4. The number of aliphatic hydroxyl groups is 3. The van der Waals surface area contributed by atoms with Crippen molar-refractivity contribution in [2.45, 2.75) is 95.8 Å². The highest BCUT2D eigenvalue weighted by Gasteiger charge is 2.46. The van der Waals surface area contributed by atoms with Crippen molar-refractivity contribution in [3.8, 4) is 0 Å². The van der Waals surface area contributed by atoms with Gasteiger partial charge in [0.15, 0.2) is 6.17 Å². The molecule has 1 unspecified atom stereocenters. The zero-order valence-corrected chi connectivity index (χ0v) is 16.1. The lowest BCUT2D eigenvalue weighted by Crippen LogP contribution is -2.17. The maximum atomic E-state index is 14.4. The highest BCUT2D eigenvalue weighted by atomic mass is 19.1. The number of ether oxygens (including phenoxy) is 1. The molecular weight excluding hydrogens is 335 g/mol. The van der Waals surface area contributed by atoms with Crippen molar-refractivity contribution >= 4 is 0 Å². The van der Waals surface area contributed by atoms with Crippen LogP contribution in [0.25, 0.3) is 0 Å². The van der Waals surface area contributed by atoms with E-state index in [2.05, 4.69) is 6.92 Å². The van der Waals surface area contributed by atoms with Crippen LogP contribution in [-0.2, 0) is 4.74 Å².